The van der Waals surface area contributed by atoms with Crippen LogP contribution in [0.4, 0.5) is 4.39 Å². The topological polar surface area (TPSA) is 3.24 Å². The van der Waals surface area contributed by atoms with Gasteiger partial charge in [-0.05, 0) is 50.5 Å². The molecule has 1 saturated heterocycles. The normalized spacial score (nSPS) is 26.1. The van der Waals surface area contributed by atoms with Gasteiger partial charge in [-0.15, -0.1) is 0 Å². The number of piperidine rings is 1. The minimum Gasteiger partial charge on any atom is -0.294 e. The SMILES string of the molecule is C[C@@H]1CCC[C@H](C)N1Cc1cc(F)cc(Br)c1. The average molecular weight is 300 g/mol. The maximum absolute atomic E-state index is 13.3. The van der Waals surface area contributed by atoms with Crippen molar-refractivity contribution in [2.24, 2.45) is 0 Å². The zero-order chi connectivity index (χ0) is 12.4. The van der Waals surface area contributed by atoms with Crippen LogP contribution in [0.1, 0.15) is 38.7 Å². The van der Waals surface area contributed by atoms with Gasteiger partial charge in [0.05, 0.1) is 0 Å². The molecule has 0 bridgehead atoms. The average Bonchev–Trinajstić information content (AvgIpc) is 2.22. The molecule has 0 unspecified atom stereocenters. The highest BCUT2D eigenvalue weighted by Crippen LogP contribution is 2.25. The maximum Gasteiger partial charge on any atom is 0.124 e. The number of nitrogens with zero attached hydrogens (tertiary/aromatic N) is 1. The molecule has 1 aromatic rings. The molecule has 1 nitrogen and oxygen atoms in total. The van der Waals surface area contributed by atoms with Gasteiger partial charge in [0.2, 0.25) is 0 Å². The molecule has 0 spiro atoms. The largest absolute Gasteiger partial charge is 0.294 e. The first-order chi connectivity index (χ1) is 8.06. The highest BCUT2D eigenvalue weighted by Gasteiger charge is 2.24. The van der Waals surface area contributed by atoms with Crippen molar-refractivity contribution in [1.82, 2.24) is 4.90 Å². The van der Waals surface area contributed by atoms with Crippen molar-refractivity contribution in [2.45, 2.75) is 51.7 Å². The van der Waals surface area contributed by atoms with Gasteiger partial charge in [0.1, 0.15) is 5.82 Å². The molecular formula is C14H19BrFN. The predicted molar refractivity (Wildman–Crippen MR) is 72.4 cm³/mol. The van der Waals surface area contributed by atoms with Crippen molar-refractivity contribution >= 4 is 15.9 Å². The van der Waals surface area contributed by atoms with Gasteiger partial charge in [0.15, 0.2) is 0 Å². The van der Waals surface area contributed by atoms with E-state index in [2.05, 4.69) is 34.7 Å². The van der Waals surface area contributed by atoms with E-state index in [0.29, 0.717) is 12.1 Å². The summed E-state index contributed by atoms with van der Waals surface area (Å²) in [6, 6.07) is 6.35. The first kappa shape index (κ1) is 13.0. The number of hydrogen-bond donors (Lipinski definition) is 0. The lowest BCUT2D eigenvalue weighted by Crippen LogP contribution is -2.42. The third-order valence-electron chi connectivity index (χ3n) is 3.66. The van der Waals surface area contributed by atoms with E-state index in [9.17, 15) is 4.39 Å². The Morgan fingerprint density at radius 2 is 1.88 bits per heavy atom. The number of halogens is 2. The van der Waals surface area contributed by atoms with Gasteiger partial charge in [-0.25, -0.2) is 4.39 Å². The molecular weight excluding hydrogens is 281 g/mol. The van der Waals surface area contributed by atoms with Crippen LogP contribution >= 0.6 is 15.9 Å². The number of hydrogen-bond acceptors (Lipinski definition) is 1. The summed E-state index contributed by atoms with van der Waals surface area (Å²) in [5, 5.41) is 0. The monoisotopic (exact) mass is 299 g/mol. The highest BCUT2D eigenvalue weighted by atomic mass is 79.9. The number of likely N-dealkylation sites (tertiary alicyclic amines) is 1. The molecule has 0 amide bonds. The summed E-state index contributed by atoms with van der Waals surface area (Å²) in [5.74, 6) is -0.160. The highest BCUT2D eigenvalue weighted by molar-refractivity contribution is 9.10. The van der Waals surface area contributed by atoms with Crippen LogP contribution in [-0.4, -0.2) is 17.0 Å². The van der Waals surface area contributed by atoms with E-state index in [1.54, 1.807) is 6.07 Å². The van der Waals surface area contributed by atoms with Gasteiger partial charge in [0.25, 0.3) is 0 Å². The summed E-state index contributed by atoms with van der Waals surface area (Å²) in [7, 11) is 0. The van der Waals surface area contributed by atoms with Crippen molar-refractivity contribution < 1.29 is 4.39 Å². The second-order valence-electron chi connectivity index (χ2n) is 5.08. The van der Waals surface area contributed by atoms with Gasteiger partial charge < -0.3 is 0 Å². The van der Waals surface area contributed by atoms with Gasteiger partial charge in [-0.3, -0.25) is 4.90 Å². The van der Waals surface area contributed by atoms with Crippen molar-refractivity contribution in [3.63, 3.8) is 0 Å². The molecule has 0 aromatic heterocycles. The molecule has 94 valence electrons. The van der Waals surface area contributed by atoms with E-state index in [1.165, 1.54) is 25.3 Å². The quantitative estimate of drug-likeness (QED) is 0.785. The van der Waals surface area contributed by atoms with E-state index >= 15 is 0 Å². The second kappa shape index (κ2) is 5.49. The van der Waals surface area contributed by atoms with Crippen LogP contribution in [0.25, 0.3) is 0 Å². The van der Waals surface area contributed by atoms with Gasteiger partial charge in [-0.2, -0.15) is 0 Å². The Kier molecular flexibility index (Phi) is 4.21. The second-order valence-corrected chi connectivity index (χ2v) is 5.99. The van der Waals surface area contributed by atoms with E-state index in [0.717, 1.165) is 16.6 Å². The van der Waals surface area contributed by atoms with Crippen LogP contribution in [0.2, 0.25) is 0 Å². The lowest BCUT2D eigenvalue weighted by atomic mass is 9.97. The first-order valence-electron chi connectivity index (χ1n) is 6.27. The lowest BCUT2D eigenvalue weighted by molar-refractivity contribution is 0.0951. The summed E-state index contributed by atoms with van der Waals surface area (Å²) < 4.78 is 14.2. The van der Waals surface area contributed by atoms with Crippen LogP contribution in [0.5, 0.6) is 0 Å². The van der Waals surface area contributed by atoms with Crippen LogP contribution in [0.3, 0.4) is 0 Å². The van der Waals surface area contributed by atoms with Gasteiger partial charge in [0, 0.05) is 23.1 Å². The smallest absolute Gasteiger partial charge is 0.124 e. The summed E-state index contributed by atoms with van der Waals surface area (Å²) in [6.07, 6.45) is 3.81. The third kappa shape index (κ3) is 3.29. The minimum absolute atomic E-state index is 0.160. The van der Waals surface area contributed by atoms with Crippen molar-refractivity contribution in [3.05, 3.63) is 34.1 Å². The zero-order valence-corrected chi connectivity index (χ0v) is 12.0. The summed E-state index contributed by atoms with van der Waals surface area (Å²) >= 11 is 3.35. The van der Waals surface area contributed by atoms with Crippen LogP contribution in [0, 0.1) is 5.82 Å². The molecule has 1 aliphatic rings. The van der Waals surface area contributed by atoms with E-state index in [1.807, 2.05) is 6.07 Å². The fraction of sp³-hybridized carbons (Fsp3) is 0.571. The Bertz CT molecular complexity index is 364. The van der Waals surface area contributed by atoms with Gasteiger partial charge >= 0.3 is 0 Å². The number of rotatable bonds is 2. The zero-order valence-electron chi connectivity index (χ0n) is 10.4. The van der Waals surface area contributed by atoms with Gasteiger partial charge in [-0.1, -0.05) is 22.4 Å². The minimum atomic E-state index is -0.160. The van der Waals surface area contributed by atoms with Crippen molar-refractivity contribution in [1.29, 1.82) is 0 Å². The predicted octanol–water partition coefficient (Wildman–Crippen LogP) is 4.35. The summed E-state index contributed by atoms with van der Waals surface area (Å²) in [4.78, 5) is 2.48. The van der Waals surface area contributed by atoms with Crippen LogP contribution < -0.4 is 0 Å². The molecule has 0 saturated carbocycles. The molecule has 1 heterocycles. The van der Waals surface area contributed by atoms with E-state index in [-0.39, 0.29) is 5.82 Å². The molecule has 17 heavy (non-hydrogen) atoms. The molecule has 0 N–H and O–H groups in total. The molecule has 1 fully saturated rings. The third-order valence-corrected chi connectivity index (χ3v) is 4.12. The molecule has 1 aliphatic heterocycles. The van der Waals surface area contributed by atoms with Crippen LogP contribution in [0.15, 0.2) is 22.7 Å². The van der Waals surface area contributed by atoms with E-state index in [4.69, 9.17) is 0 Å². The molecule has 0 aliphatic carbocycles. The first-order valence-corrected chi connectivity index (χ1v) is 7.06. The molecule has 3 heteroatoms. The summed E-state index contributed by atoms with van der Waals surface area (Å²) in [6.45, 7) is 5.38. The summed E-state index contributed by atoms with van der Waals surface area (Å²) in [5.41, 5.74) is 1.05. The fourth-order valence-corrected chi connectivity index (χ4v) is 3.21. The Morgan fingerprint density at radius 3 is 2.47 bits per heavy atom. The Balaban J connectivity index is 2.13. The standard InChI is InChI=1S/C14H19BrFN/c1-10-4-3-5-11(2)17(10)9-12-6-13(15)8-14(16)7-12/h6-8,10-11H,3-5,9H2,1-2H3/t10-,11+. The molecule has 2 atom stereocenters. The number of benzene rings is 1. The Hall–Kier alpha value is -0.410. The Labute approximate surface area is 111 Å². The van der Waals surface area contributed by atoms with Crippen molar-refractivity contribution in [2.75, 3.05) is 0 Å². The molecule has 2 rings (SSSR count). The fourth-order valence-electron chi connectivity index (χ4n) is 2.70. The van der Waals surface area contributed by atoms with E-state index < -0.39 is 0 Å². The molecule has 1 aromatic carbocycles. The van der Waals surface area contributed by atoms with Crippen molar-refractivity contribution in [3.8, 4) is 0 Å². The Morgan fingerprint density at radius 1 is 1.24 bits per heavy atom. The van der Waals surface area contributed by atoms with Crippen LogP contribution in [-0.2, 0) is 6.54 Å². The molecule has 0 radical (unpaired) electrons. The maximum atomic E-state index is 13.3. The lowest BCUT2D eigenvalue weighted by Gasteiger charge is -2.39.